The second kappa shape index (κ2) is 8.64. The van der Waals surface area contributed by atoms with E-state index in [0.29, 0.717) is 44.4 Å². The Kier molecular flexibility index (Phi) is 5.60. The molecule has 1 saturated heterocycles. The topological polar surface area (TPSA) is 83.7 Å². The molecule has 1 aromatic carbocycles. The van der Waals surface area contributed by atoms with Gasteiger partial charge < -0.3 is 24.3 Å². The summed E-state index contributed by atoms with van der Waals surface area (Å²) < 4.78 is 10.7. The number of hydrogen-bond acceptors (Lipinski definition) is 7. The van der Waals surface area contributed by atoms with E-state index in [-0.39, 0.29) is 5.91 Å². The van der Waals surface area contributed by atoms with Crippen molar-refractivity contribution in [2.75, 3.05) is 43.0 Å². The van der Waals surface area contributed by atoms with Gasteiger partial charge in [-0.3, -0.25) is 4.79 Å². The lowest BCUT2D eigenvalue weighted by molar-refractivity contribution is 0.0714. The monoisotopic (exact) mass is 393 g/mol. The molecule has 0 spiro atoms. The minimum absolute atomic E-state index is 0.0739. The van der Waals surface area contributed by atoms with Crippen molar-refractivity contribution in [1.82, 2.24) is 14.9 Å². The van der Waals surface area contributed by atoms with Crippen LogP contribution < -0.4 is 15.0 Å². The smallest absolute Gasteiger partial charge is 0.289 e. The number of piperazine rings is 1. The van der Waals surface area contributed by atoms with Gasteiger partial charge in [0.05, 0.1) is 12.9 Å². The zero-order valence-corrected chi connectivity index (χ0v) is 16.2. The first-order valence-electron chi connectivity index (χ1n) is 9.62. The summed E-state index contributed by atoms with van der Waals surface area (Å²) in [5.41, 5.74) is 0.923. The standard InChI is InChI=1S/C21H23N5O3/c1-2-28-17-7-5-16(6-8-17)24-19-14-20(23-15-22-19)25-9-11-26(12-10-25)21(27)18-4-3-13-29-18/h3-8,13-15H,2,9-12H2,1H3,(H,22,23,24). The normalized spacial score (nSPS) is 14.0. The number of benzene rings is 1. The lowest BCUT2D eigenvalue weighted by Gasteiger charge is -2.35. The highest BCUT2D eigenvalue weighted by Crippen LogP contribution is 2.22. The van der Waals surface area contributed by atoms with Crippen LogP contribution in [0.5, 0.6) is 5.75 Å². The molecule has 29 heavy (non-hydrogen) atoms. The first-order chi connectivity index (χ1) is 14.2. The van der Waals surface area contributed by atoms with Crippen LogP contribution in [0.2, 0.25) is 0 Å². The molecule has 0 unspecified atom stereocenters. The highest BCUT2D eigenvalue weighted by Gasteiger charge is 2.24. The van der Waals surface area contributed by atoms with Crippen LogP contribution in [0.4, 0.5) is 17.3 Å². The number of hydrogen-bond donors (Lipinski definition) is 1. The van der Waals surface area contributed by atoms with Crippen LogP contribution in [-0.4, -0.2) is 53.6 Å². The Morgan fingerprint density at radius 2 is 1.93 bits per heavy atom. The van der Waals surface area contributed by atoms with E-state index in [4.69, 9.17) is 9.15 Å². The largest absolute Gasteiger partial charge is 0.494 e. The van der Waals surface area contributed by atoms with E-state index in [0.717, 1.165) is 17.3 Å². The van der Waals surface area contributed by atoms with Crippen molar-refractivity contribution < 1.29 is 13.9 Å². The molecule has 3 heterocycles. The molecule has 0 bridgehead atoms. The predicted octanol–water partition coefficient (Wildman–Crippen LogP) is 3.17. The number of anilines is 3. The fraction of sp³-hybridized carbons (Fsp3) is 0.286. The van der Waals surface area contributed by atoms with E-state index in [9.17, 15) is 4.79 Å². The molecule has 0 saturated carbocycles. The van der Waals surface area contributed by atoms with Gasteiger partial charge in [0.15, 0.2) is 5.76 Å². The third-order valence-corrected chi connectivity index (χ3v) is 4.71. The number of aromatic nitrogens is 2. The molecule has 0 aliphatic carbocycles. The summed E-state index contributed by atoms with van der Waals surface area (Å²) in [6.45, 7) is 5.23. The lowest BCUT2D eigenvalue weighted by Crippen LogP contribution is -2.49. The van der Waals surface area contributed by atoms with Gasteiger partial charge in [-0.1, -0.05) is 0 Å². The van der Waals surface area contributed by atoms with Crippen LogP contribution >= 0.6 is 0 Å². The van der Waals surface area contributed by atoms with Crippen molar-refractivity contribution in [1.29, 1.82) is 0 Å². The highest BCUT2D eigenvalue weighted by molar-refractivity contribution is 5.91. The van der Waals surface area contributed by atoms with Crippen molar-refractivity contribution in [2.45, 2.75) is 6.92 Å². The summed E-state index contributed by atoms with van der Waals surface area (Å²) >= 11 is 0. The molecule has 150 valence electrons. The third-order valence-electron chi connectivity index (χ3n) is 4.71. The van der Waals surface area contributed by atoms with Crippen LogP contribution in [-0.2, 0) is 0 Å². The highest BCUT2D eigenvalue weighted by atomic mass is 16.5. The Hall–Kier alpha value is -3.55. The van der Waals surface area contributed by atoms with Gasteiger partial charge in [-0.05, 0) is 43.3 Å². The molecule has 8 nitrogen and oxygen atoms in total. The molecule has 2 aromatic heterocycles. The first kappa shape index (κ1) is 18.8. The van der Waals surface area contributed by atoms with Gasteiger partial charge >= 0.3 is 0 Å². The molecular formula is C21H23N5O3. The van der Waals surface area contributed by atoms with E-state index in [1.54, 1.807) is 23.4 Å². The van der Waals surface area contributed by atoms with E-state index < -0.39 is 0 Å². The average molecular weight is 393 g/mol. The van der Waals surface area contributed by atoms with Crippen LogP contribution in [0.15, 0.2) is 59.5 Å². The van der Waals surface area contributed by atoms with E-state index in [2.05, 4.69) is 20.2 Å². The second-order valence-electron chi connectivity index (χ2n) is 6.60. The van der Waals surface area contributed by atoms with E-state index in [1.807, 2.05) is 37.3 Å². The minimum Gasteiger partial charge on any atom is -0.494 e. The summed E-state index contributed by atoms with van der Waals surface area (Å²) in [7, 11) is 0. The number of nitrogens with zero attached hydrogens (tertiary/aromatic N) is 4. The van der Waals surface area contributed by atoms with Gasteiger partial charge in [0.25, 0.3) is 5.91 Å². The average Bonchev–Trinajstić information content (AvgIpc) is 3.30. The quantitative estimate of drug-likeness (QED) is 0.689. The Balaban J connectivity index is 1.37. The maximum absolute atomic E-state index is 12.4. The Morgan fingerprint density at radius 3 is 2.62 bits per heavy atom. The van der Waals surface area contributed by atoms with Crippen LogP contribution in [0.3, 0.4) is 0 Å². The van der Waals surface area contributed by atoms with Crippen LogP contribution in [0.1, 0.15) is 17.5 Å². The molecule has 4 rings (SSSR count). The molecular weight excluding hydrogens is 370 g/mol. The van der Waals surface area contributed by atoms with Gasteiger partial charge in [-0.15, -0.1) is 0 Å². The molecule has 8 heteroatoms. The van der Waals surface area contributed by atoms with Crippen molar-refractivity contribution >= 4 is 23.2 Å². The maximum atomic E-state index is 12.4. The zero-order valence-electron chi connectivity index (χ0n) is 16.2. The summed E-state index contributed by atoms with van der Waals surface area (Å²) in [6, 6.07) is 13.1. The van der Waals surface area contributed by atoms with E-state index >= 15 is 0 Å². The number of carbonyl (C=O) groups is 1. The number of furan rings is 1. The SMILES string of the molecule is CCOc1ccc(Nc2cc(N3CCN(C(=O)c4ccco4)CC3)ncn2)cc1. The predicted molar refractivity (Wildman–Crippen MR) is 110 cm³/mol. The summed E-state index contributed by atoms with van der Waals surface area (Å²) in [6.07, 6.45) is 3.07. The Labute approximate surface area is 169 Å². The molecule has 3 aromatic rings. The summed E-state index contributed by atoms with van der Waals surface area (Å²) in [4.78, 5) is 25.1. The second-order valence-corrected chi connectivity index (χ2v) is 6.60. The number of rotatable bonds is 6. The minimum atomic E-state index is -0.0739. The zero-order chi connectivity index (χ0) is 20.1. The number of carbonyl (C=O) groups excluding carboxylic acids is 1. The van der Waals surface area contributed by atoms with Gasteiger partial charge in [0.2, 0.25) is 0 Å². The summed E-state index contributed by atoms with van der Waals surface area (Å²) in [5, 5.41) is 3.29. The molecule has 1 aliphatic heterocycles. The summed E-state index contributed by atoms with van der Waals surface area (Å²) in [5.74, 6) is 2.69. The van der Waals surface area contributed by atoms with Gasteiger partial charge in [0.1, 0.15) is 23.7 Å². The third kappa shape index (κ3) is 4.48. The molecule has 1 aliphatic rings. The van der Waals surface area contributed by atoms with Crippen LogP contribution in [0.25, 0.3) is 0 Å². The molecule has 1 N–H and O–H groups in total. The van der Waals surface area contributed by atoms with Gasteiger partial charge in [0, 0.05) is 37.9 Å². The van der Waals surface area contributed by atoms with Crippen molar-refractivity contribution in [3.8, 4) is 5.75 Å². The fourth-order valence-corrected chi connectivity index (χ4v) is 3.23. The molecule has 0 atom stereocenters. The number of ether oxygens (including phenoxy) is 1. The van der Waals surface area contributed by atoms with E-state index in [1.165, 1.54) is 6.26 Å². The van der Waals surface area contributed by atoms with Gasteiger partial charge in [-0.2, -0.15) is 0 Å². The fourth-order valence-electron chi connectivity index (χ4n) is 3.23. The van der Waals surface area contributed by atoms with Gasteiger partial charge in [-0.25, -0.2) is 9.97 Å². The van der Waals surface area contributed by atoms with Crippen LogP contribution in [0, 0.1) is 0 Å². The first-order valence-corrected chi connectivity index (χ1v) is 9.62. The number of amides is 1. The Morgan fingerprint density at radius 1 is 1.14 bits per heavy atom. The van der Waals surface area contributed by atoms with Crippen molar-refractivity contribution in [2.24, 2.45) is 0 Å². The maximum Gasteiger partial charge on any atom is 0.289 e. The van der Waals surface area contributed by atoms with Crippen molar-refractivity contribution in [3.63, 3.8) is 0 Å². The Bertz CT molecular complexity index is 935. The van der Waals surface area contributed by atoms with Crippen molar-refractivity contribution in [3.05, 3.63) is 60.8 Å². The lowest BCUT2D eigenvalue weighted by atomic mass is 10.2. The molecule has 0 radical (unpaired) electrons. The molecule has 1 fully saturated rings. The number of nitrogens with one attached hydrogen (secondary N) is 1. The molecule has 1 amide bonds.